The van der Waals surface area contributed by atoms with Gasteiger partial charge in [-0.05, 0) is 53.4 Å². The highest BCUT2D eigenvalue weighted by molar-refractivity contribution is 6.33. The second-order valence-corrected chi connectivity index (χ2v) is 8.68. The van der Waals surface area contributed by atoms with Crippen molar-refractivity contribution in [1.82, 2.24) is 4.90 Å². The largest absolute Gasteiger partial charge is 0.493 e. The van der Waals surface area contributed by atoms with Crippen LogP contribution in [0.1, 0.15) is 39.0 Å². The van der Waals surface area contributed by atoms with E-state index in [0.29, 0.717) is 41.3 Å². The van der Waals surface area contributed by atoms with Gasteiger partial charge in [-0.1, -0.05) is 35.9 Å². The maximum absolute atomic E-state index is 13.8. The maximum atomic E-state index is 13.8. The minimum atomic E-state index is -0.755. The Hall–Kier alpha value is -3.58. The molecule has 0 aliphatic carbocycles. The van der Waals surface area contributed by atoms with Crippen molar-refractivity contribution in [3.05, 3.63) is 87.7 Å². The van der Waals surface area contributed by atoms with E-state index in [-0.39, 0.29) is 16.8 Å². The Morgan fingerprint density at radius 3 is 2.53 bits per heavy atom. The highest BCUT2D eigenvalue weighted by Crippen LogP contribution is 2.48. The van der Waals surface area contributed by atoms with Gasteiger partial charge in [0.05, 0.1) is 36.9 Å². The van der Waals surface area contributed by atoms with Gasteiger partial charge in [-0.25, -0.2) is 4.39 Å². The molecule has 0 spiro atoms. The predicted molar refractivity (Wildman–Crippen MR) is 126 cm³/mol. The standard InChI is InChI=1S/C26H22ClFN2O4/c1-33-21-12-17-18(13-22(21)34-2)26(32)30-10-9-14-5-3-4-6-16(14)24(30)23(17)25(31)29-20-8-7-15(28)11-19(20)27/h3-8,11-13,23-24H,9-10H2,1-2H3,(H,29,31)/t23-,24+/m0/s1. The Bertz CT molecular complexity index is 1310. The van der Waals surface area contributed by atoms with Gasteiger partial charge in [0.1, 0.15) is 5.82 Å². The van der Waals surface area contributed by atoms with Crippen LogP contribution in [0.15, 0.2) is 54.6 Å². The lowest BCUT2D eigenvalue weighted by Crippen LogP contribution is -2.49. The third kappa shape index (κ3) is 3.56. The molecule has 1 N–H and O–H groups in total. The monoisotopic (exact) mass is 480 g/mol. The van der Waals surface area contributed by atoms with Crippen LogP contribution >= 0.6 is 11.6 Å². The van der Waals surface area contributed by atoms with Crippen molar-refractivity contribution in [2.45, 2.75) is 18.4 Å². The number of methoxy groups -OCH3 is 2. The minimum Gasteiger partial charge on any atom is -0.493 e. The summed E-state index contributed by atoms with van der Waals surface area (Å²) in [6.07, 6.45) is 0.694. The van der Waals surface area contributed by atoms with Crippen LogP contribution in [0, 0.1) is 5.82 Å². The summed E-state index contributed by atoms with van der Waals surface area (Å²) in [7, 11) is 3.00. The van der Waals surface area contributed by atoms with Gasteiger partial charge in [0.25, 0.3) is 5.91 Å². The molecular formula is C26H22ClFN2O4. The van der Waals surface area contributed by atoms with Crippen molar-refractivity contribution >= 4 is 29.1 Å². The zero-order valence-electron chi connectivity index (χ0n) is 18.6. The number of amides is 2. The van der Waals surface area contributed by atoms with E-state index < -0.39 is 17.8 Å². The van der Waals surface area contributed by atoms with E-state index in [0.717, 1.165) is 17.2 Å². The summed E-state index contributed by atoms with van der Waals surface area (Å²) in [5.41, 5.74) is 3.24. The molecule has 0 aromatic heterocycles. The van der Waals surface area contributed by atoms with Crippen LogP contribution in [-0.4, -0.2) is 37.5 Å². The predicted octanol–water partition coefficient (Wildman–Crippen LogP) is 4.97. The van der Waals surface area contributed by atoms with Gasteiger partial charge in [0.2, 0.25) is 5.91 Å². The van der Waals surface area contributed by atoms with E-state index in [4.69, 9.17) is 21.1 Å². The number of halogens is 2. The molecule has 3 aromatic carbocycles. The zero-order valence-corrected chi connectivity index (χ0v) is 19.4. The molecule has 0 radical (unpaired) electrons. The summed E-state index contributed by atoms with van der Waals surface area (Å²) in [6, 6.07) is 14.4. The van der Waals surface area contributed by atoms with Gasteiger partial charge in [0, 0.05) is 12.1 Å². The van der Waals surface area contributed by atoms with Crippen LogP contribution in [0.2, 0.25) is 5.02 Å². The molecule has 5 rings (SSSR count). The molecule has 34 heavy (non-hydrogen) atoms. The van der Waals surface area contributed by atoms with Crippen molar-refractivity contribution < 1.29 is 23.5 Å². The molecule has 6 nitrogen and oxygen atoms in total. The number of carbonyl (C=O) groups excluding carboxylic acids is 2. The lowest BCUT2D eigenvalue weighted by atomic mass is 9.75. The third-order valence-electron chi connectivity index (χ3n) is 6.50. The molecule has 0 bridgehead atoms. The van der Waals surface area contributed by atoms with Crippen molar-refractivity contribution in [2.75, 3.05) is 26.1 Å². The highest BCUT2D eigenvalue weighted by Gasteiger charge is 2.47. The molecule has 2 atom stereocenters. The third-order valence-corrected chi connectivity index (χ3v) is 6.81. The van der Waals surface area contributed by atoms with E-state index in [9.17, 15) is 14.0 Å². The molecule has 3 aromatic rings. The second-order valence-electron chi connectivity index (χ2n) is 8.28. The highest BCUT2D eigenvalue weighted by atomic mass is 35.5. The second kappa shape index (κ2) is 8.65. The van der Waals surface area contributed by atoms with E-state index in [1.54, 1.807) is 17.0 Å². The first kappa shape index (κ1) is 22.2. The fraction of sp³-hybridized carbons (Fsp3) is 0.231. The van der Waals surface area contributed by atoms with Crippen LogP contribution in [0.3, 0.4) is 0 Å². The molecule has 0 fully saturated rings. The molecule has 8 heteroatoms. The van der Waals surface area contributed by atoms with Gasteiger partial charge >= 0.3 is 0 Å². The van der Waals surface area contributed by atoms with Crippen LogP contribution in [-0.2, 0) is 11.2 Å². The summed E-state index contributed by atoms with van der Waals surface area (Å²) in [6.45, 7) is 0.482. The van der Waals surface area contributed by atoms with Crippen LogP contribution in [0.25, 0.3) is 0 Å². The first-order chi connectivity index (χ1) is 16.4. The SMILES string of the molecule is COc1cc2c(cc1OC)[C@H](C(=O)Nc1ccc(F)cc1Cl)[C@H]1c3ccccc3CCN1C2=O. The van der Waals surface area contributed by atoms with E-state index in [1.807, 2.05) is 24.3 Å². The number of nitrogens with zero attached hydrogens (tertiary/aromatic N) is 1. The van der Waals surface area contributed by atoms with Gasteiger partial charge < -0.3 is 19.7 Å². The molecular weight excluding hydrogens is 459 g/mol. The number of rotatable bonds is 4. The molecule has 2 heterocycles. The summed E-state index contributed by atoms with van der Waals surface area (Å²) in [5.74, 6) is -0.952. The normalized spacial score (nSPS) is 18.5. The van der Waals surface area contributed by atoms with Crippen LogP contribution in [0.4, 0.5) is 10.1 Å². The van der Waals surface area contributed by atoms with Gasteiger partial charge in [-0.2, -0.15) is 0 Å². The summed E-state index contributed by atoms with van der Waals surface area (Å²) in [5, 5.41) is 2.94. The average molecular weight is 481 g/mol. The Morgan fingerprint density at radius 1 is 1.06 bits per heavy atom. The number of fused-ring (bicyclic) bond motifs is 4. The Balaban J connectivity index is 1.68. The van der Waals surface area contributed by atoms with Crippen molar-refractivity contribution in [3.8, 4) is 11.5 Å². The molecule has 0 unspecified atom stereocenters. The van der Waals surface area contributed by atoms with Crippen LogP contribution < -0.4 is 14.8 Å². The van der Waals surface area contributed by atoms with Gasteiger partial charge in [-0.3, -0.25) is 9.59 Å². The fourth-order valence-corrected chi connectivity index (χ4v) is 5.15. The molecule has 0 saturated heterocycles. The van der Waals surface area contributed by atoms with Crippen LogP contribution in [0.5, 0.6) is 11.5 Å². The Morgan fingerprint density at radius 2 is 1.79 bits per heavy atom. The minimum absolute atomic E-state index is 0.0914. The zero-order chi connectivity index (χ0) is 24.0. The summed E-state index contributed by atoms with van der Waals surface area (Å²) < 4.78 is 24.4. The lowest BCUT2D eigenvalue weighted by Gasteiger charge is -2.45. The van der Waals surface area contributed by atoms with Gasteiger partial charge in [-0.15, -0.1) is 0 Å². The lowest BCUT2D eigenvalue weighted by molar-refractivity contribution is -0.119. The summed E-state index contributed by atoms with van der Waals surface area (Å²) in [4.78, 5) is 29.1. The molecule has 2 amide bonds. The average Bonchev–Trinajstić information content (AvgIpc) is 2.85. The Labute approximate surface area is 201 Å². The number of hydrogen-bond donors (Lipinski definition) is 1. The summed E-state index contributed by atoms with van der Waals surface area (Å²) >= 11 is 6.19. The van der Waals surface area contributed by atoms with Crippen molar-refractivity contribution in [3.63, 3.8) is 0 Å². The molecule has 174 valence electrons. The fourth-order valence-electron chi connectivity index (χ4n) is 4.93. The first-order valence-corrected chi connectivity index (χ1v) is 11.2. The van der Waals surface area contributed by atoms with Crippen molar-refractivity contribution in [1.29, 1.82) is 0 Å². The number of carbonyl (C=O) groups is 2. The smallest absolute Gasteiger partial charge is 0.254 e. The number of anilines is 1. The number of hydrogen-bond acceptors (Lipinski definition) is 4. The molecule has 2 aliphatic rings. The number of benzene rings is 3. The number of nitrogens with one attached hydrogen (secondary N) is 1. The number of ether oxygens (including phenoxy) is 2. The maximum Gasteiger partial charge on any atom is 0.254 e. The van der Waals surface area contributed by atoms with E-state index >= 15 is 0 Å². The molecule has 2 aliphatic heterocycles. The van der Waals surface area contributed by atoms with Gasteiger partial charge in [0.15, 0.2) is 11.5 Å². The molecule has 0 saturated carbocycles. The quantitative estimate of drug-likeness (QED) is 0.572. The van der Waals surface area contributed by atoms with E-state index in [2.05, 4.69) is 5.32 Å². The topological polar surface area (TPSA) is 67.9 Å². The first-order valence-electron chi connectivity index (χ1n) is 10.8. The van der Waals surface area contributed by atoms with Crippen molar-refractivity contribution in [2.24, 2.45) is 0 Å². The Kier molecular flexibility index (Phi) is 5.65. The van der Waals surface area contributed by atoms with E-state index in [1.165, 1.54) is 26.4 Å².